The highest BCUT2D eigenvalue weighted by Gasteiger charge is 2.39. The summed E-state index contributed by atoms with van der Waals surface area (Å²) in [7, 11) is 0. The number of ether oxygens (including phenoxy) is 1. The fourth-order valence-corrected chi connectivity index (χ4v) is 4.28. The van der Waals surface area contributed by atoms with Gasteiger partial charge in [-0.05, 0) is 70.3 Å². The van der Waals surface area contributed by atoms with Crippen LogP contribution in [-0.2, 0) is 9.59 Å². The van der Waals surface area contributed by atoms with Gasteiger partial charge in [0.2, 0.25) is 5.91 Å². The Morgan fingerprint density at radius 3 is 2.33 bits per heavy atom. The summed E-state index contributed by atoms with van der Waals surface area (Å²) in [5.74, 6) is 0.362. The van der Waals surface area contributed by atoms with Gasteiger partial charge in [0.05, 0.1) is 6.04 Å². The smallest absolute Gasteiger partial charge is 0.266 e. The number of benzene rings is 1. The van der Waals surface area contributed by atoms with Crippen LogP contribution in [0.3, 0.4) is 0 Å². The maximum atomic E-state index is 13.0. The molecule has 7 heteroatoms. The largest absolute Gasteiger partial charge is 0.478 e. The number of likely N-dealkylation sites (tertiary alicyclic amines) is 2. The highest BCUT2D eigenvalue weighted by molar-refractivity contribution is 6.30. The summed E-state index contributed by atoms with van der Waals surface area (Å²) in [6.07, 6.45) is 3.56. The maximum Gasteiger partial charge on any atom is 0.266 e. The summed E-state index contributed by atoms with van der Waals surface area (Å²) < 4.78 is 5.93. The SMILES string of the molecule is CC(C)(Oc1ccc(Cl)cc1)C(=O)N1CCC(N2CCCC2C(N)=O)CC1. The lowest BCUT2D eigenvalue weighted by atomic mass is 9.99. The average Bonchev–Trinajstić information content (AvgIpc) is 3.13. The number of nitrogens with zero attached hydrogens (tertiary/aromatic N) is 2. The second kappa shape index (κ2) is 8.07. The van der Waals surface area contributed by atoms with E-state index in [0.717, 1.165) is 32.2 Å². The maximum absolute atomic E-state index is 13.0. The van der Waals surface area contributed by atoms with Gasteiger partial charge in [-0.3, -0.25) is 14.5 Å². The Bertz CT molecular complexity index is 684. The molecule has 2 N–H and O–H groups in total. The number of carbonyl (C=O) groups excluding carboxylic acids is 2. The zero-order chi connectivity index (χ0) is 19.6. The molecule has 2 heterocycles. The van der Waals surface area contributed by atoms with Crippen molar-refractivity contribution in [1.82, 2.24) is 9.80 Å². The van der Waals surface area contributed by atoms with Crippen molar-refractivity contribution in [2.24, 2.45) is 5.73 Å². The van der Waals surface area contributed by atoms with Crippen LogP contribution in [0.15, 0.2) is 24.3 Å². The van der Waals surface area contributed by atoms with E-state index in [0.29, 0.717) is 29.9 Å². The summed E-state index contributed by atoms with van der Waals surface area (Å²) in [5.41, 5.74) is 4.59. The van der Waals surface area contributed by atoms with Crippen LogP contribution in [0.5, 0.6) is 5.75 Å². The van der Waals surface area contributed by atoms with E-state index in [2.05, 4.69) is 4.90 Å². The van der Waals surface area contributed by atoms with Crippen LogP contribution < -0.4 is 10.5 Å². The van der Waals surface area contributed by atoms with Gasteiger partial charge in [0.15, 0.2) is 5.60 Å². The van der Waals surface area contributed by atoms with Crippen LogP contribution >= 0.6 is 11.6 Å². The van der Waals surface area contributed by atoms with E-state index < -0.39 is 5.60 Å². The van der Waals surface area contributed by atoms with Gasteiger partial charge < -0.3 is 15.4 Å². The first-order chi connectivity index (χ1) is 12.8. The van der Waals surface area contributed by atoms with Crippen LogP contribution in [0, 0.1) is 0 Å². The number of nitrogens with two attached hydrogens (primary N) is 1. The second-order valence-electron chi connectivity index (χ2n) is 7.89. The molecule has 2 amide bonds. The first-order valence-corrected chi connectivity index (χ1v) is 9.95. The van der Waals surface area contributed by atoms with E-state index in [1.54, 1.807) is 38.1 Å². The van der Waals surface area contributed by atoms with Crippen molar-refractivity contribution in [3.63, 3.8) is 0 Å². The van der Waals surface area contributed by atoms with E-state index in [4.69, 9.17) is 22.1 Å². The lowest BCUT2D eigenvalue weighted by Gasteiger charge is -2.40. The van der Waals surface area contributed by atoms with Crippen LogP contribution in [0.25, 0.3) is 0 Å². The molecular formula is C20H28ClN3O3. The molecule has 6 nitrogen and oxygen atoms in total. The monoisotopic (exact) mass is 393 g/mol. The topological polar surface area (TPSA) is 75.9 Å². The van der Waals surface area contributed by atoms with E-state index in [1.807, 2.05) is 4.90 Å². The zero-order valence-corrected chi connectivity index (χ0v) is 16.7. The lowest BCUT2D eigenvalue weighted by Crippen LogP contribution is -2.55. The molecule has 1 aromatic rings. The summed E-state index contributed by atoms with van der Waals surface area (Å²) >= 11 is 5.90. The zero-order valence-electron chi connectivity index (χ0n) is 16.0. The molecule has 0 spiro atoms. The van der Waals surface area contributed by atoms with Gasteiger partial charge in [0, 0.05) is 24.2 Å². The molecule has 0 aliphatic carbocycles. The summed E-state index contributed by atoms with van der Waals surface area (Å²) in [4.78, 5) is 28.7. The van der Waals surface area contributed by atoms with Gasteiger partial charge in [-0.25, -0.2) is 0 Å². The first kappa shape index (κ1) is 20.0. The number of primary amides is 1. The van der Waals surface area contributed by atoms with Crippen molar-refractivity contribution in [2.75, 3.05) is 19.6 Å². The molecule has 0 radical (unpaired) electrons. The molecule has 148 valence electrons. The van der Waals surface area contributed by atoms with Crippen molar-refractivity contribution in [2.45, 2.75) is 57.2 Å². The molecule has 1 atom stereocenters. The van der Waals surface area contributed by atoms with Crippen LogP contribution in [0.1, 0.15) is 39.5 Å². The summed E-state index contributed by atoms with van der Waals surface area (Å²) in [6.45, 7) is 5.83. The van der Waals surface area contributed by atoms with Gasteiger partial charge in [0.1, 0.15) is 5.75 Å². The minimum absolute atomic E-state index is 0.0243. The Balaban J connectivity index is 1.57. The summed E-state index contributed by atoms with van der Waals surface area (Å²) in [6, 6.07) is 7.18. The van der Waals surface area contributed by atoms with Gasteiger partial charge >= 0.3 is 0 Å². The van der Waals surface area contributed by atoms with E-state index >= 15 is 0 Å². The Morgan fingerprint density at radius 2 is 1.74 bits per heavy atom. The summed E-state index contributed by atoms with van der Waals surface area (Å²) in [5, 5.41) is 0.629. The molecule has 2 aliphatic heterocycles. The van der Waals surface area contributed by atoms with Gasteiger partial charge in [-0.2, -0.15) is 0 Å². The molecule has 1 aromatic carbocycles. The van der Waals surface area contributed by atoms with Crippen LogP contribution in [0.2, 0.25) is 5.02 Å². The number of halogens is 1. The third kappa shape index (κ3) is 4.55. The number of hydrogen-bond donors (Lipinski definition) is 1. The van der Waals surface area contributed by atoms with Crippen molar-refractivity contribution in [3.05, 3.63) is 29.3 Å². The number of carbonyl (C=O) groups is 2. The molecule has 1 unspecified atom stereocenters. The Morgan fingerprint density at radius 1 is 1.11 bits per heavy atom. The standard InChI is InChI=1S/C20H28ClN3O3/c1-20(2,27-16-7-5-14(21)6-8-16)19(26)23-12-9-15(10-13-23)24-11-3-4-17(24)18(22)25/h5-8,15,17H,3-4,9-13H2,1-2H3,(H2,22,25). The van der Waals surface area contributed by atoms with Crippen molar-refractivity contribution in [1.29, 1.82) is 0 Å². The molecule has 27 heavy (non-hydrogen) atoms. The Kier molecular flexibility index (Phi) is 5.96. The molecule has 2 fully saturated rings. The quantitative estimate of drug-likeness (QED) is 0.833. The van der Waals surface area contributed by atoms with Gasteiger partial charge in [0.25, 0.3) is 5.91 Å². The van der Waals surface area contributed by atoms with Crippen LogP contribution in [-0.4, -0.2) is 58.9 Å². The molecule has 2 aliphatic rings. The minimum Gasteiger partial charge on any atom is -0.478 e. The lowest BCUT2D eigenvalue weighted by molar-refractivity contribution is -0.147. The average molecular weight is 394 g/mol. The molecular weight excluding hydrogens is 366 g/mol. The molecule has 2 saturated heterocycles. The predicted molar refractivity (Wildman–Crippen MR) is 105 cm³/mol. The highest BCUT2D eigenvalue weighted by atomic mass is 35.5. The van der Waals surface area contributed by atoms with E-state index in [1.165, 1.54) is 0 Å². The molecule has 3 rings (SSSR count). The van der Waals surface area contributed by atoms with E-state index in [9.17, 15) is 9.59 Å². The van der Waals surface area contributed by atoms with Crippen LogP contribution in [0.4, 0.5) is 0 Å². The minimum atomic E-state index is -0.954. The number of amides is 2. The normalized spacial score (nSPS) is 22.0. The van der Waals surface area contributed by atoms with Gasteiger partial charge in [-0.15, -0.1) is 0 Å². The Hall–Kier alpha value is -1.79. The van der Waals surface area contributed by atoms with Crippen molar-refractivity contribution >= 4 is 23.4 Å². The second-order valence-corrected chi connectivity index (χ2v) is 8.32. The third-order valence-electron chi connectivity index (χ3n) is 5.55. The molecule has 0 saturated carbocycles. The predicted octanol–water partition coefficient (Wildman–Crippen LogP) is 2.44. The molecule has 0 bridgehead atoms. The van der Waals surface area contributed by atoms with Gasteiger partial charge in [-0.1, -0.05) is 11.6 Å². The number of piperidine rings is 1. The Labute approximate surface area is 165 Å². The highest BCUT2D eigenvalue weighted by Crippen LogP contribution is 2.28. The fourth-order valence-electron chi connectivity index (χ4n) is 4.15. The fraction of sp³-hybridized carbons (Fsp3) is 0.600. The number of rotatable bonds is 5. The van der Waals surface area contributed by atoms with Crippen molar-refractivity contribution in [3.8, 4) is 5.75 Å². The molecule has 0 aromatic heterocycles. The van der Waals surface area contributed by atoms with E-state index in [-0.39, 0.29) is 17.9 Å². The van der Waals surface area contributed by atoms with Crippen molar-refractivity contribution < 1.29 is 14.3 Å². The number of hydrogen-bond acceptors (Lipinski definition) is 4. The first-order valence-electron chi connectivity index (χ1n) is 9.57. The third-order valence-corrected chi connectivity index (χ3v) is 5.80.